The van der Waals surface area contributed by atoms with Gasteiger partial charge >= 0.3 is 5.97 Å². The van der Waals surface area contributed by atoms with E-state index >= 15 is 0 Å². The molecule has 1 atom stereocenters. The van der Waals surface area contributed by atoms with E-state index < -0.39 is 0 Å². The van der Waals surface area contributed by atoms with Crippen LogP contribution in [0.2, 0.25) is 0 Å². The van der Waals surface area contributed by atoms with Gasteiger partial charge in [0.2, 0.25) is 6.79 Å². The number of benzene rings is 1. The molecule has 1 aromatic rings. The molecule has 3 rings (SSSR count). The second-order valence-electron chi connectivity index (χ2n) is 6.77. The summed E-state index contributed by atoms with van der Waals surface area (Å²) in [6.07, 6.45) is 8.42. The lowest BCUT2D eigenvalue weighted by molar-refractivity contribution is -0.144. The zero-order valence-corrected chi connectivity index (χ0v) is 16.8. The second-order valence-corrected chi connectivity index (χ2v) is 7.62. The Bertz CT molecular complexity index is 674. The second kappa shape index (κ2) is 9.42. The van der Waals surface area contributed by atoms with Crippen molar-refractivity contribution in [3.63, 3.8) is 0 Å². The molecule has 1 aromatic carbocycles. The van der Waals surface area contributed by atoms with Crippen molar-refractivity contribution < 1.29 is 19.0 Å². The molecule has 5 nitrogen and oxygen atoms in total. The quantitative estimate of drug-likeness (QED) is 0.386. The molecule has 142 valence electrons. The molecule has 0 fully saturated rings. The minimum Gasteiger partial charge on any atom is -0.458 e. The Morgan fingerprint density at radius 1 is 1.27 bits per heavy atom. The molecular formula is C20H26BrNO4. The van der Waals surface area contributed by atoms with Gasteiger partial charge in [0.05, 0.1) is 0 Å². The molecule has 0 bridgehead atoms. The van der Waals surface area contributed by atoms with Crippen molar-refractivity contribution in [2.75, 3.05) is 19.9 Å². The highest BCUT2D eigenvalue weighted by molar-refractivity contribution is 9.10. The van der Waals surface area contributed by atoms with Crippen molar-refractivity contribution in [1.82, 2.24) is 5.32 Å². The number of carbonyl (C=O) groups excluding carboxylic acids is 1. The molecule has 0 radical (unpaired) electrons. The predicted octanol–water partition coefficient (Wildman–Crippen LogP) is 4.13. The topological polar surface area (TPSA) is 56.8 Å². The molecule has 0 aromatic heterocycles. The Hall–Kier alpha value is -1.53. The number of hydrogen-bond acceptors (Lipinski definition) is 5. The Kier molecular flexibility index (Phi) is 6.97. The number of esters is 1. The monoisotopic (exact) mass is 423 g/mol. The molecule has 1 aliphatic carbocycles. The van der Waals surface area contributed by atoms with E-state index in [-0.39, 0.29) is 12.1 Å². The minimum atomic E-state index is -0.191. The number of carbonyl (C=O) groups is 1. The van der Waals surface area contributed by atoms with Gasteiger partial charge in [0.25, 0.3) is 0 Å². The van der Waals surface area contributed by atoms with Crippen LogP contribution in [-0.4, -0.2) is 32.0 Å². The third-order valence-electron chi connectivity index (χ3n) is 4.69. The van der Waals surface area contributed by atoms with E-state index in [1.54, 1.807) is 0 Å². The molecule has 1 heterocycles. The summed E-state index contributed by atoms with van der Waals surface area (Å²) >= 11 is 3.60. The van der Waals surface area contributed by atoms with Gasteiger partial charge in [0.15, 0.2) is 11.5 Å². The van der Waals surface area contributed by atoms with Crippen molar-refractivity contribution in [3.8, 4) is 11.5 Å². The van der Waals surface area contributed by atoms with E-state index in [1.165, 1.54) is 18.1 Å². The highest BCUT2D eigenvalue weighted by Crippen LogP contribution is 2.37. The first kappa shape index (κ1) is 19.2. The smallest absolute Gasteiger partial charge is 0.303 e. The summed E-state index contributed by atoms with van der Waals surface area (Å²) < 4.78 is 17.2. The highest BCUT2D eigenvalue weighted by atomic mass is 79.9. The van der Waals surface area contributed by atoms with E-state index in [0.29, 0.717) is 6.79 Å². The Balaban J connectivity index is 1.35. The number of halogens is 1. The number of fused-ring (bicyclic) bond motifs is 1. The molecule has 1 unspecified atom stereocenters. The average molecular weight is 424 g/mol. The molecule has 0 saturated carbocycles. The van der Waals surface area contributed by atoms with Crippen LogP contribution >= 0.6 is 15.9 Å². The number of hydrogen-bond donors (Lipinski definition) is 1. The van der Waals surface area contributed by atoms with Crippen molar-refractivity contribution in [2.45, 2.75) is 51.6 Å². The van der Waals surface area contributed by atoms with Gasteiger partial charge < -0.3 is 19.5 Å². The Morgan fingerprint density at radius 3 is 2.88 bits per heavy atom. The zero-order valence-electron chi connectivity index (χ0n) is 15.2. The maximum atomic E-state index is 11.1. The van der Waals surface area contributed by atoms with Crippen molar-refractivity contribution in [2.24, 2.45) is 0 Å². The number of allylic oxidation sites excluding steroid dienone is 1. The lowest BCUT2D eigenvalue weighted by Crippen LogP contribution is -2.20. The van der Waals surface area contributed by atoms with Crippen LogP contribution in [0.5, 0.6) is 11.5 Å². The maximum absolute atomic E-state index is 11.1. The third kappa shape index (κ3) is 5.48. The SMILES string of the molecule is CC(=O)OC1C=C(CCCNCCc2cc3c(cc2Br)OCO3)CCC1. The number of rotatable bonds is 8. The summed E-state index contributed by atoms with van der Waals surface area (Å²) in [4.78, 5) is 11.1. The van der Waals surface area contributed by atoms with E-state index in [0.717, 1.165) is 67.6 Å². The van der Waals surface area contributed by atoms with Crippen LogP contribution in [0.25, 0.3) is 0 Å². The summed E-state index contributed by atoms with van der Waals surface area (Å²) in [7, 11) is 0. The summed E-state index contributed by atoms with van der Waals surface area (Å²) in [6, 6.07) is 4.03. The van der Waals surface area contributed by atoms with Crippen LogP contribution in [0.4, 0.5) is 0 Å². The van der Waals surface area contributed by atoms with Gasteiger partial charge in [-0.15, -0.1) is 0 Å². The fourth-order valence-corrected chi connectivity index (χ4v) is 3.93. The van der Waals surface area contributed by atoms with E-state index in [9.17, 15) is 4.79 Å². The molecule has 1 N–H and O–H groups in total. The average Bonchev–Trinajstić information content (AvgIpc) is 3.04. The largest absolute Gasteiger partial charge is 0.458 e. The summed E-state index contributed by atoms with van der Waals surface area (Å²) in [6.45, 7) is 3.69. The Labute approximate surface area is 163 Å². The van der Waals surface area contributed by atoms with Gasteiger partial charge in [-0.05, 0) is 75.4 Å². The van der Waals surface area contributed by atoms with Gasteiger partial charge in [-0.2, -0.15) is 0 Å². The zero-order chi connectivity index (χ0) is 18.4. The molecular weight excluding hydrogens is 398 g/mol. The summed E-state index contributed by atoms with van der Waals surface area (Å²) in [5.74, 6) is 1.44. The van der Waals surface area contributed by atoms with Crippen LogP contribution in [0.1, 0.15) is 44.6 Å². The van der Waals surface area contributed by atoms with Gasteiger partial charge in [-0.1, -0.05) is 21.5 Å². The molecule has 0 amide bonds. The van der Waals surface area contributed by atoms with Gasteiger partial charge in [-0.3, -0.25) is 4.79 Å². The third-order valence-corrected chi connectivity index (χ3v) is 5.43. The first-order valence-electron chi connectivity index (χ1n) is 9.27. The predicted molar refractivity (Wildman–Crippen MR) is 104 cm³/mol. The minimum absolute atomic E-state index is 0.0208. The summed E-state index contributed by atoms with van der Waals surface area (Å²) in [5, 5.41) is 3.51. The standard InChI is InChI=1S/C20H26BrNO4/c1-14(23)26-17-6-2-4-15(10-17)5-3-8-22-9-7-16-11-19-20(12-18(16)21)25-13-24-19/h10-12,17,22H,2-9,13H2,1H3. The van der Waals surface area contributed by atoms with Crippen molar-refractivity contribution >= 4 is 21.9 Å². The lowest BCUT2D eigenvalue weighted by atomic mass is 9.94. The van der Waals surface area contributed by atoms with Gasteiger partial charge in [-0.25, -0.2) is 0 Å². The van der Waals surface area contributed by atoms with Crippen LogP contribution in [0.15, 0.2) is 28.3 Å². The van der Waals surface area contributed by atoms with Crippen LogP contribution < -0.4 is 14.8 Å². The van der Waals surface area contributed by atoms with Crippen LogP contribution in [-0.2, 0) is 16.0 Å². The fraction of sp³-hybridized carbons (Fsp3) is 0.550. The van der Waals surface area contributed by atoms with Crippen LogP contribution in [0.3, 0.4) is 0 Å². The highest BCUT2D eigenvalue weighted by Gasteiger charge is 2.17. The van der Waals surface area contributed by atoms with E-state index in [4.69, 9.17) is 14.2 Å². The molecule has 0 spiro atoms. The first-order chi connectivity index (χ1) is 12.6. The van der Waals surface area contributed by atoms with E-state index in [2.05, 4.69) is 33.4 Å². The molecule has 26 heavy (non-hydrogen) atoms. The normalized spacial score (nSPS) is 18.5. The van der Waals surface area contributed by atoms with Crippen molar-refractivity contribution in [3.05, 3.63) is 33.8 Å². The maximum Gasteiger partial charge on any atom is 0.303 e. The van der Waals surface area contributed by atoms with Crippen molar-refractivity contribution in [1.29, 1.82) is 0 Å². The van der Waals surface area contributed by atoms with Crippen LogP contribution in [0, 0.1) is 0 Å². The van der Waals surface area contributed by atoms with E-state index in [1.807, 2.05) is 6.07 Å². The molecule has 0 saturated heterocycles. The Morgan fingerprint density at radius 2 is 2.08 bits per heavy atom. The summed E-state index contributed by atoms with van der Waals surface area (Å²) in [5.41, 5.74) is 2.64. The number of nitrogens with one attached hydrogen (secondary N) is 1. The fourth-order valence-electron chi connectivity index (χ4n) is 3.41. The molecule has 2 aliphatic rings. The van der Waals surface area contributed by atoms with Gasteiger partial charge in [0.1, 0.15) is 6.10 Å². The number of ether oxygens (including phenoxy) is 3. The molecule has 1 aliphatic heterocycles. The first-order valence-corrected chi connectivity index (χ1v) is 10.1. The lowest BCUT2D eigenvalue weighted by Gasteiger charge is -2.21. The van der Waals surface area contributed by atoms with Gasteiger partial charge in [0, 0.05) is 11.4 Å². The molecule has 6 heteroatoms.